The van der Waals surface area contributed by atoms with E-state index in [-0.39, 0.29) is 0 Å². The first-order chi connectivity index (χ1) is 10.4. The zero-order valence-corrected chi connectivity index (χ0v) is 12.5. The van der Waals surface area contributed by atoms with Gasteiger partial charge in [-0.1, -0.05) is 19.3 Å². The molecule has 2 aromatic rings. The maximum atomic E-state index is 5.49. The number of fused-ring (bicyclic) bond motifs is 1. The molecule has 0 atom stereocenters. The van der Waals surface area contributed by atoms with Gasteiger partial charge in [0.15, 0.2) is 0 Å². The molecule has 1 aliphatic heterocycles. The Bertz CT molecular complexity index is 595. The van der Waals surface area contributed by atoms with Crippen LogP contribution in [0.3, 0.4) is 0 Å². The lowest BCUT2D eigenvalue weighted by atomic mass is 9.94. The second-order valence-corrected chi connectivity index (χ2v) is 6.28. The van der Waals surface area contributed by atoms with E-state index < -0.39 is 0 Å². The van der Waals surface area contributed by atoms with Crippen LogP contribution in [0.1, 0.15) is 32.1 Å². The van der Waals surface area contributed by atoms with Crippen molar-refractivity contribution in [3.63, 3.8) is 0 Å². The highest BCUT2D eigenvalue weighted by Gasteiger charge is 2.26. The van der Waals surface area contributed by atoms with E-state index in [0.717, 1.165) is 35.9 Å². The molecule has 0 spiro atoms. The quantitative estimate of drug-likeness (QED) is 0.847. The minimum Gasteiger partial charge on any atom is -0.464 e. The average molecular weight is 285 g/mol. The molecule has 0 bridgehead atoms. The number of furan rings is 1. The largest absolute Gasteiger partial charge is 0.464 e. The molecule has 4 rings (SSSR count). The Labute approximate surface area is 125 Å². The summed E-state index contributed by atoms with van der Waals surface area (Å²) in [6.45, 7) is 4.49. The molecule has 4 heteroatoms. The van der Waals surface area contributed by atoms with E-state index in [2.05, 4.69) is 14.8 Å². The lowest BCUT2D eigenvalue weighted by Gasteiger charge is -2.41. The molecule has 112 valence electrons. The summed E-state index contributed by atoms with van der Waals surface area (Å²) in [6.07, 6.45) is 10.7. The molecule has 3 heterocycles. The van der Waals surface area contributed by atoms with Crippen LogP contribution >= 0.6 is 0 Å². The number of rotatable bonds is 2. The summed E-state index contributed by atoms with van der Waals surface area (Å²) in [4.78, 5) is 9.70. The Hall–Kier alpha value is -1.55. The van der Waals surface area contributed by atoms with Gasteiger partial charge in [-0.3, -0.25) is 4.90 Å². The SMILES string of the molecule is c1cc2occc2c(N2CCN(C3CCCCC3)CC2)n1. The van der Waals surface area contributed by atoms with E-state index in [0.29, 0.717) is 0 Å². The van der Waals surface area contributed by atoms with Gasteiger partial charge in [-0.15, -0.1) is 0 Å². The molecule has 1 aliphatic carbocycles. The Morgan fingerprint density at radius 1 is 1.00 bits per heavy atom. The monoisotopic (exact) mass is 285 g/mol. The summed E-state index contributed by atoms with van der Waals surface area (Å²) in [5.41, 5.74) is 0.940. The molecule has 0 aromatic carbocycles. The Balaban J connectivity index is 1.46. The van der Waals surface area contributed by atoms with E-state index in [1.54, 1.807) is 6.26 Å². The second kappa shape index (κ2) is 5.68. The normalized spacial score (nSPS) is 22.0. The van der Waals surface area contributed by atoms with Gasteiger partial charge >= 0.3 is 0 Å². The lowest BCUT2D eigenvalue weighted by molar-refractivity contribution is 0.148. The van der Waals surface area contributed by atoms with E-state index in [1.165, 1.54) is 45.2 Å². The van der Waals surface area contributed by atoms with E-state index in [1.807, 2.05) is 18.3 Å². The molecule has 0 N–H and O–H groups in total. The van der Waals surface area contributed by atoms with Gasteiger partial charge in [0.25, 0.3) is 0 Å². The van der Waals surface area contributed by atoms with Crippen molar-refractivity contribution in [2.45, 2.75) is 38.1 Å². The maximum absolute atomic E-state index is 5.49. The topological polar surface area (TPSA) is 32.5 Å². The number of piperazine rings is 1. The summed E-state index contributed by atoms with van der Waals surface area (Å²) in [5, 5.41) is 1.14. The van der Waals surface area contributed by atoms with Crippen LogP contribution in [0.4, 0.5) is 5.82 Å². The molecule has 2 fully saturated rings. The van der Waals surface area contributed by atoms with Gasteiger partial charge in [0.1, 0.15) is 11.4 Å². The van der Waals surface area contributed by atoms with Crippen molar-refractivity contribution in [3.05, 3.63) is 24.6 Å². The number of hydrogen-bond donors (Lipinski definition) is 0. The third-order valence-corrected chi connectivity index (χ3v) is 5.06. The van der Waals surface area contributed by atoms with Gasteiger partial charge in [-0.25, -0.2) is 4.98 Å². The van der Waals surface area contributed by atoms with Crippen LogP contribution in [-0.4, -0.2) is 42.1 Å². The van der Waals surface area contributed by atoms with Crippen molar-refractivity contribution in [1.82, 2.24) is 9.88 Å². The lowest BCUT2D eigenvalue weighted by Crippen LogP contribution is -2.51. The van der Waals surface area contributed by atoms with Gasteiger partial charge in [0.2, 0.25) is 0 Å². The predicted molar refractivity (Wildman–Crippen MR) is 84.7 cm³/mol. The third-order valence-electron chi connectivity index (χ3n) is 5.06. The minimum absolute atomic E-state index is 0.832. The molecule has 2 aliphatic rings. The molecule has 2 aromatic heterocycles. The fourth-order valence-electron chi connectivity index (χ4n) is 3.88. The average Bonchev–Trinajstić information content (AvgIpc) is 3.04. The Kier molecular flexibility index (Phi) is 3.55. The minimum atomic E-state index is 0.832. The number of hydrogen-bond acceptors (Lipinski definition) is 4. The first kappa shape index (κ1) is 13.1. The van der Waals surface area contributed by atoms with Gasteiger partial charge in [-0.05, 0) is 25.0 Å². The summed E-state index contributed by atoms with van der Waals surface area (Å²) in [7, 11) is 0. The Morgan fingerprint density at radius 3 is 2.62 bits per heavy atom. The fourth-order valence-corrected chi connectivity index (χ4v) is 3.88. The molecule has 1 saturated carbocycles. The van der Waals surface area contributed by atoms with Crippen LogP contribution in [0.2, 0.25) is 0 Å². The number of anilines is 1. The fraction of sp³-hybridized carbons (Fsp3) is 0.588. The maximum Gasteiger partial charge on any atom is 0.139 e. The number of nitrogens with zero attached hydrogens (tertiary/aromatic N) is 3. The van der Waals surface area contributed by atoms with Gasteiger partial charge in [-0.2, -0.15) is 0 Å². The number of pyridine rings is 1. The highest BCUT2D eigenvalue weighted by Crippen LogP contribution is 2.28. The summed E-state index contributed by atoms with van der Waals surface area (Å²) >= 11 is 0. The van der Waals surface area contributed by atoms with Crippen molar-refractivity contribution in [3.8, 4) is 0 Å². The van der Waals surface area contributed by atoms with E-state index >= 15 is 0 Å². The summed E-state index contributed by atoms with van der Waals surface area (Å²) in [6, 6.07) is 4.81. The Morgan fingerprint density at radius 2 is 1.81 bits per heavy atom. The highest BCUT2D eigenvalue weighted by molar-refractivity contribution is 5.88. The van der Waals surface area contributed by atoms with Crippen LogP contribution in [0.25, 0.3) is 11.0 Å². The third kappa shape index (κ3) is 2.53. The highest BCUT2D eigenvalue weighted by atomic mass is 16.3. The molecular weight excluding hydrogens is 262 g/mol. The van der Waals surface area contributed by atoms with Crippen molar-refractivity contribution >= 4 is 16.8 Å². The summed E-state index contributed by atoms with van der Waals surface area (Å²) < 4.78 is 5.49. The standard InChI is InChI=1S/C17H23N3O/c1-2-4-14(5-3-1)19-9-11-20(12-10-19)17-15-7-13-21-16(15)6-8-18-17/h6-8,13-14H,1-5,9-12H2. The van der Waals surface area contributed by atoms with Crippen LogP contribution < -0.4 is 4.90 Å². The van der Waals surface area contributed by atoms with Crippen molar-refractivity contribution < 1.29 is 4.42 Å². The molecule has 4 nitrogen and oxygen atoms in total. The zero-order valence-electron chi connectivity index (χ0n) is 12.5. The molecule has 0 unspecified atom stereocenters. The van der Waals surface area contributed by atoms with Crippen molar-refractivity contribution in [1.29, 1.82) is 0 Å². The van der Waals surface area contributed by atoms with E-state index in [9.17, 15) is 0 Å². The van der Waals surface area contributed by atoms with Gasteiger partial charge in [0.05, 0.1) is 11.6 Å². The second-order valence-electron chi connectivity index (χ2n) is 6.28. The van der Waals surface area contributed by atoms with Crippen LogP contribution in [0, 0.1) is 0 Å². The first-order valence-corrected chi connectivity index (χ1v) is 8.23. The molecular formula is C17H23N3O. The molecule has 0 radical (unpaired) electrons. The molecule has 1 saturated heterocycles. The van der Waals surface area contributed by atoms with Gasteiger partial charge in [0, 0.05) is 38.4 Å². The zero-order chi connectivity index (χ0) is 14.1. The van der Waals surface area contributed by atoms with Crippen LogP contribution in [0.5, 0.6) is 0 Å². The predicted octanol–water partition coefficient (Wildman–Crippen LogP) is 3.28. The van der Waals surface area contributed by atoms with Gasteiger partial charge < -0.3 is 9.32 Å². The molecule has 0 amide bonds. The van der Waals surface area contributed by atoms with Crippen molar-refractivity contribution in [2.24, 2.45) is 0 Å². The summed E-state index contributed by atoms with van der Waals surface area (Å²) in [5.74, 6) is 1.09. The van der Waals surface area contributed by atoms with Crippen LogP contribution in [0.15, 0.2) is 29.0 Å². The smallest absolute Gasteiger partial charge is 0.139 e. The first-order valence-electron chi connectivity index (χ1n) is 8.23. The van der Waals surface area contributed by atoms with E-state index in [4.69, 9.17) is 4.42 Å². The van der Waals surface area contributed by atoms with Crippen molar-refractivity contribution in [2.75, 3.05) is 31.1 Å². The number of aromatic nitrogens is 1. The molecule has 21 heavy (non-hydrogen) atoms. The van der Waals surface area contributed by atoms with Crippen LogP contribution in [-0.2, 0) is 0 Å².